The number of nitrogens with two attached hydrogens (primary N) is 1. The molecular formula is C11H12FN3O2. The molecule has 0 radical (unpaired) electrons. The molecule has 1 aromatic heterocycles. The summed E-state index contributed by atoms with van der Waals surface area (Å²) in [6.45, 7) is 0.562. The Morgan fingerprint density at radius 2 is 2.29 bits per heavy atom. The molecule has 17 heavy (non-hydrogen) atoms. The van der Waals surface area contributed by atoms with E-state index in [0.717, 1.165) is 5.56 Å². The van der Waals surface area contributed by atoms with Crippen molar-refractivity contribution in [2.75, 3.05) is 6.54 Å². The largest absolute Gasteiger partial charge is 0.482 e. The van der Waals surface area contributed by atoms with Crippen LogP contribution in [-0.2, 0) is 13.0 Å². The van der Waals surface area contributed by atoms with Gasteiger partial charge in [-0.15, -0.1) is 0 Å². The van der Waals surface area contributed by atoms with Gasteiger partial charge in [-0.2, -0.15) is 4.98 Å². The number of halogens is 1. The molecule has 0 saturated carbocycles. The molecule has 5 nitrogen and oxygen atoms in total. The van der Waals surface area contributed by atoms with Crippen molar-refractivity contribution >= 4 is 0 Å². The van der Waals surface area contributed by atoms with E-state index in [1.54, 1.807) is 12.1 Å². The maximum atomic E-state index is 13.6. The summed E-state index contributed by atoms with van der Waals surface area (Å²) in [4.78, 5) is 3.77. The number of aromatic nitrogens is 2. The number of ether oxygens (including phenoxy) is 1. The van der Waals surface area contributed by atoms with Gasteiger partial charge in [-0.05, 0) is 30.7 Å². The standard InChI is InChI=1S/C11H12FN3O2/c12-9-5-8(3-4-13)1-2-10(9)16-6-11-14-7-17-15-11/h1-2,5,7H,3-4,6,13H2. The molecule has 0 saturated heterocycles. The number of rotatable bonds is 5. The van der Waals surface area contributed by atoms with Crippen molar-refractivity contribution in [2.24, 2.45) is 5.73 Å². The van der Waals surface area contributed by atoms with Crippen molar-refractivity contribution < 1.29 is 13.7 Å². The molecule has 1 heterocycles. The van der Waals surface area contributed by atoms with Gasteiger partial charge in [0.2, 0.25) is 12.2 Å². The van der Waals surface area contributed by atoms with Crippen LogP contribution in [0.5, 0.6) is 5.75 Å². The molecule has 0 aliphatic rings. The lowest BCUT2D eigenvalue weighted by atomic mass is 10.1. The molecule has 0 fully saturated rings. The van der Waals surface area contributed by atoms with Crippen LogP contribution < -0.4 is 10.5 Å². The highest BCUT2D eigenvalue weighted by Crippen LogP contribution is 2.19. The molecule has 0 bridgehead atoms. The summed E-state index contributed by atoms with van der Waals surface area (Å²) in [7, 11) is 0. The zero-order valence-corrected chi connectivity index (χ0v) is 9.10. The highest BCUT2D eigenvalue weighted by molar-refractivity contribution is 5.29. The molecule has 0 unspecified atom stereocenters. The van der Waals surface area contributed by atoms with Gasteiger partial charge >= 0.3 is 0 Å². The molecule has 0 spiro atoms. The summed E-state index contributed by atoms with van der Waals surface area (Å²) in [6, 6.07) is 4.76. The van der Waals surface area contributed by atoms with Gasteiger partial charge in [-0.1, -0.05) is 11.2 Å². The first-order valence-corrected chi connectivity index (χ1v) is 5.16. The minimum atomic E-state index is -0.417. The Bertz CT molecular complexity index is 474. The predicted molar refractivity (Wildman–Crippen MR) is 57.8 cm³/mol. The van der Waals surface area contributed by atoms with E-state index in [-0.39, 0.29) is 12.4 Å². The Balaban J connectivity index is 2.01. The fraction of sp³-hybridized carbons (Fsp3) is 0.273. The van der Waals surface area contributed by atoms with Crippen molar-refractivity contribution in [3.8, 4) is 5.75 Å². The van der Waals surface area contributed by atoms with Crippen LogP contribution in [0.4, 0.5) is 4.39 Å². The first kappa shape index (κ1) is 11.5. The summed E-state index contributed by atoms with van der Waals surface area (Å²) < 4.78 is 23.3. The Labute approximate surface area is 97.4 Å². The van der Waals surface area contributed by atoms with E-state index in [0.29, 0.717) is 18.8 Å². The second kappa shape index (κ2) is 5.40. The number of hydrogen-bond acceptors (Lipinski definition) is 5. The third-order valence-corrected chi connectivity index (χ3v) is 2.19. The SMILES string of the molecule is NCCc1ccc(OCc2ncon2)c(F)c1. The summed E-state index contributed by atoms with van der Waals surface area (Å²) in [5, 5.41) is 3.56. The van der Waals surface area contributed by atoms with Gasteiger partial charge in [-0.25, -0.2) is 4.39 Å². The van der Waals surface area contributed by atoms with E-state index in [1.165, 1.54) is 12.5 Å². The smallest absolute Gasteiger partial charge is 0.213 e. The molecule has 1 aromatic carbocycles. The van der Waals surface area contributed by atoms with Crippen molar-refractivity contribution in [2.45, 2.75) is 13.0 Å². The molecule has 0 aliphatic carbocycles. The maximum absolute atomic E-state index is 13.6. The Morgan fingerprint density at radius 1 is 1.41 bits per heavy atom. The molecule has 2 aromatic rings. The van der Waals surface area contributed by atoms with Crippen LogP contribution >= 0.6 is 0 Å². The van der Waals surface area contributed by atoms with Crippen molar-refractivity contribution in [3.05, 3.63) is 41.8 Å². The third kappa shape index (κ3) is 3.01. The van der Waals surface area contributed by atoms with Gasteiger partial charge in [0.25, 0.3) is 0 Å². The Hall–Kier alpha value is -1.95. The van der Waals surface area contributed by atoms with Gasteiger partial charge in [-0.3, -0.25) is 0 Å². The van der Waals surface area contributed by atoms with E-state index >= 15 is 0 Å². The fourth-order valence-electron chi connectivity index (χ4n) is 1.38. The topological polar surface area (TPSA) is 74.2 Å². The Kier molecular flexibility index (Phi) is 3.66. The van der Waals surface area contributed by atoms with Gasteiger partial charge < -0.3 is 15.0 Å². The van der Waals surface area contributed by atoms with Gasteiger partial charge in [0.05, 0.1) is 0 Å². The minimum absolute atomic E-state index is 0.0731. The first-order chi connectivity index (χ1) is 8.29. The first-order valence-electron chi connectivity index (χ1n) is 5.16. The lowest BCUT2D eigenvalue weighted by Crippen LogP contribution is -2.04. The Morgan fingerprint density at radius 3 is 2.94 bits per heavy atom. The van der Waals surface area contributed by atoms with E-state index in [9.17, 15) is 4.39 Å². The minimum Gasteiger partial charge on any atom is -0.482 e. The van der Waals surface area contributed by atoms with Gasteiger partial charge in [0.15, 0.2) is 18.2 Å². The lowest BCUT2D eigenvalue weighted by Gasteiger charge is -2.06. The normalized spacial score (nSPS) is 10.5. The molecule has 90 valence electrons. The fourth-order valence-corrected chi connectivity index (χ4v) is 1.38. The summed E-state index contributed by atoms with van der Waals surface area (Å²) in [5.74, 6) is 0.116. The molecule has 0 amide bonds. The van der Waals surface area contributed by atoms with Crippen LogP contribution in [-0.4, -0.2) is 16.7 Å². The van der Waals surface area contributed by atoms with Crippen LogP contribution in [0.2, 0.25) is 0 Å². The van der Waals surface area contributed by atoms with E-state index in [2.05, 4.69) is 14.7 Å². The zero-order valence-electron chi connectivity index (χ0n) is 9.10. The molecule has 2 rings (SSSR count). The maximum Gasteiger partial charge on any atom is 0.213 e. The van der Waals surface area contributed by atoms with E-state index < -0.39 is 5.82 Å². The molecule has 0 atom stereocenters. The van der Waals surface area contributed by atoms with Crippen molar-refractivity contribution in [1.29, 1.82) is 0 Å². The number of benzene rings is 1. The van der Waals surface area contributed by atoms with E-state index in [4.69, 9.17) is 10.5 Å². The van der Waals surface area contributed by atoms with Crippen LogP contribution in [0.25, 0.3) is 0 Å². The number of hydrogen-bond donors (Lipinski definition) is 1. The second-order valence-corrected chi connectivity index (χ2v) is 3.44. The van der Waals surface area contributed by atoms with Crippen LogP contribution in [0.1, 0.15) is 11.4 Å². The van der Waals surface area contributed by atoms with Crippen molar-refractivity contribution in [3.63, 3.8) is 0 Å². The molecular weight excluding hydrogens is 225 g/mol. The average molecular weight is 237 g/mol. The summed E-state index contributed by atoms with van der Waals surface area (Å²) in [5.41, 5.74) is 6.24. The predicted octanol–water partition coefficient (Wildman–Crippen LogP) is 1.29. The second-order valence-electron chi connectivity index (χ2n) is 3.44. The average Bonchev–Trinajstić information content (AvgIpc) is 2.81. The zero-order chi connectivity index (χ0) is 12.1. The monoisotopic (exact) mass is 237 g/mol. The molecule has 6 heteroatoms. The third-order valence-electron chi connectivity index (χ3n) is 2.19. The summed E-state index contributed by atoms with van der Waals surface area (Å²) in [6.07, 6.45) is 1.83. The molecule has 0 aliphatic heterocycles. The highest BCUT2D eigenvalue weighted by atomic mass is 19.1. The van der Waals surface area contributed by atoms with Crippen LogP contribution in [0, 0.1) is 5.82 Å². The van der Waals surface area contributed by atoms with Gasteiger partial charge in [0, 0.05) is 0 Å². The lowest BCUT2D eigenvalue weighted by molar-refractivity contribution is 0.273. The van der Waals surface area contributed by atoms with E-state index in [1.807, 2.05) is 0 Å². The van der Waals surface area contributed by atoms with Gasteiger partial charge in [0.1, 0.15) is 0 Å². The van der Waals surface area contributed by atoms with Crippen LogP contribution in [0.15, 0.2) is 29.1 Å². The quantitative estimate of drug-likeness (QED) is 0.848. The highest BCUT2D eigenvalue weighted by Gasteiger charge is 2.06. The molecule has 2 N–H and O–H groups in total. The van der Waals surface area contributed by atoms with Crippen molar-refractivity contribution in [1.82, 2.24) is 10.1 Å². The summed E-state index contributed by atoms with van der Waals surface area (Å²) >= 11 is 0. The van der Waals surface area contributed by atoms with Crippen LogP contribution in [0.3, 0.4) is 0 Å². The number of nitrogens with zero attached hydrogens (tertiary/aromatic N) is 2.